The summed E-state index contributed by atoms with van der Waals surface area (Å²) in [5.74, 6) is 0.176. The van der Waals surface area contributed by atoms with Crippen LogP contribution in [0, 0.1) is 0 Å². The molecule has 1 N–H and O–H groups in total. The van der Waals surface area contributed by atoms with Crippen LogP contribution in [0.15, 0.2) is 28.9 Å². The first kappa shape index (κ1) is 11.6. The van der Waals surface area contributed by atoms with Crippen LogP contribution in [0.25, 0.3) is 11.3 Å². The molecule has 0 bridgehead atoms. The van der Waals surface area contributed by atoms with E-state index in [2.05, 4.69) is 20.3 Å². The number of aromatic nitrogens is 2. The minimum Gasteiger partial charge on any atom is -0.306 e. The minimum atomic E-state index is -0.143. The lowest BCUT2D eigenvalue weighted by molar-refractivity contribution is -0.115. The lowest BCUT2D eigenvalue weighted by atomic mass is 10.1. The summed E-state index contributed by atoms with van der Waals surface area (Å²) in [4.78, 5) is 11.3. The lowest BCUT2D eigenvalue weighted by Crippen LogP contribution is -2.10. The van der Waals surface area contributed by atoms with Crippen molar-refractivity contribution in [3.05, 3.63) is 29.3 Å². The number of anilines is 1. The number of amides is 1. The summed E-state index contributed by atoms with van der Waals surface area (Å²) >= 11 is 5.79. The van der Waals surface area contributed by atoms with E-state index in [1.54, 1.807) is 31.2 Å². The molecule has 2 rings (SSSR count). The summed E-state index contributed by atoms with van der Waals surface area (Å²) in [6.07, 6.45) is 0.368. The second kappa shape index (κ2) is 4.97. The molecule has 0 saturated carbocycles. The Kier molecular flexibility index (Phi) is 3.39. The Balaban J connectivity index is 2.30. The Hall–Kier alpha value is -1.88. The molecule has 88 valence electrons. The highest BCUT2D eigenvalue weighted by molar-refractivity contribution is 6.30. The van der Waals surface area contributed by atoms with Crippen molar-refractivity contribution >= 4 is 23.3 Å². The van der Waals surface area contributed by atoms with Gasteiger partial charge in [-0.3, -0.25) is 4.79 Å². The molecule has 0 spiro atoms. The molecule has 5 nitrogen and oxygen atoms in total. The Labute approximate surface area is 103 Å². The standard InChI is InChI=1S/C11H10ClN3O2/c1-2-9(16)13-11-10(14-17-15-11)7-3-5-8(12)6-4-7/h3-6H,2H2,1H3,(H,13,15,16). The van der Waals surface area contributed by atoms with Crippen LogP contribution in [0.5, 0.6) is 0 Å². The smallest absolute Gasteiger partial charge is 0.225 e. The Morgan fingerprint density at radius 2 is 2.06 bits per heavy atom. The van der Waals surface area contributed by atoms with Gasteiger partial charge in [0.15, 0.2) is 5.69 Å². The number of rotatable bonds is 3. The van der Waals surface area contributed by atoms with Crippen molar-refractivity contribution in [1.29, 1.82) is 0 Å². The van der Waals surface area contributed by atoms with E-state index in [0.717, 1.165) is 5.56 Å². The molecule has 0 unspecified atom stereocenters. The van der Waals surface area contributed by atoms with Crippen molar-refractivity contribution in [2.24, 2.45) is 0 Å². The van der Waals surface area contributed by atoms with Gasteiger partial charge in [-0.25, -0.2) is 4.63 Å². The van der Waals surface area contributed by atoms with Gasteiger partial charge >= 0.3 is 0 Å². The SMILES string of the molecule is CCC(=O)Nc1nonc1-c1ccc(Cl)cc1. The monoisotopic (exact) mass is 251 g/mol. The third-order valence-corrected chi connectivity index (χ3v) is 2.44. The third kappa shape index (κ3) is 2.62. The van der Waals surface area contributed by atoms with E-state index in [1.807, 2.05) is 0 Å². The van der Waals surface area contributed by atoms with Gasteiger partial charge in [0.05, 0.1) is 0 Å². The van der Waals surface area contributed by atoms with Crippen LogP contribution < -0.4 is 5.32 Å². The quantitative estimate of drug-likeness (QED) is 0.911. The fraction of sp³-hybridized carbons (Fsp3) is 0.182. The number of hydrogen-bond donors (Lipinski definition) is 1. The second-order valence-electron chi connectivity index (χ2n) is 3.37. The van der Waals surface area contributed by atoms with Crippen molar-refractivity contribution in [2.75, 3.05) is 5.32 Å². The molecule has 0 aliphatic heterocycles. The summed E-state index contributed by atoms with van der Waals surface area (Å²) in [6.45, 7) is 1.75. The molecule has 0 aliphatic rings. The number of carbonyl (C=O) groups is 1. The molecule has 17 heavy (non-hydrogen) atoms. The van der Waals surface area contributed by atoms with Gasteiger partial charge in [0.1, 0.15) is 0 Å². The van der Waals surface area contributed by atoms with Crippen LogP contribution in [-0.2, 0) is 4.79 Å². The number of hydrogen-bond acceptors (Lipinski definition) is 4. The van der Waals surface area contributed by atoms with Gasteiger partial charge in [-0.15, -0.1) is 0 Å². The van der Waals surface area contributed by atoms with E-state index in [4.69, 9.17) is 11.6 Å². The molecule has 0 radical (unpaired) electrons. The average Bonchev–Trinajstić information content (AvgIpc) is 2.78. The molecular weight excluding hydrogens is 242 g/mol. The topological polar surface area (TPSA) is 68.0 Å². The Morgan fingerprint density at radius 3 is 2.71 bits per heavy atom. The van der Waals surface area contributed by atoms with E-state index in [1.165, 1.54) is 0 Å². The molecular formula is C11H10ClN3O2. The van der Waals surface area contributed by atoms with Gasteiger partial charge in [-0.1, -0.05) is 30.7 Å². The van der Waals surface area contributed by atoms with Gasteiger partial charge in [-0.05, 0) is 22.4 Å². The van der Waals surface area contributed by atoms with Gasteiger partial charge in [-0.2, -0.15) is 0 Å². The highest BCUT2D eigenvalue weighted by atomic mass is 35.5. The maximum absolute atomic E-state index is 11.3. The van der Waals surface area contributed by atoms with E-state index in [9.17, 15) is 4.79 Å². The van der Waals surface area contributed by atoms with E-state index in [0.29, 0.717) is 23.0 Å². The fourth-order valence-corrected chi connectivity index (χ4v) is 1.41. The summed E-state index contributed by atoms with van der Waals surface area (Å²) in [5.41, 5.74) is 1.27. The summed E-state index contributed by atoms with van der Waals surface area (Å²) in [7, 11) is 0. The first-order valence-electron chi connectivity index (χ1n) is 5.09. The van der Waals surface area contributed by atoms with Crippen LogP contribution >= 0.6 is 11.6 Å². The number of nitrogens with one attached hydrogen (secondary N) is 1. The zero-order chi connectivity index (χ0) is 12.3. The predicted octanol–water partition coefficient (Wildman–Crippen LogP) is 2.74. The molecule has 0 fully saturated rings. The molecule has 0 atom stereocenters. The average molecular weight is 252 g/mol. The molecule has 0 aliphatic carbocycles. The summed E-state index contributed by atoms with van der Waals surface area (Å²) < 4.78 is 4.63. The summed E-state index contributed by atoms with van der Waals surface area (Å²) in [6, 6.07) is 7.03. The number of halogens is 1. The van der Waals surface area contributed by atoms with Crippen LogP contribution in [0.3, 0.4) is 0 Å². The van der Waals surface area contributed by atoms with Gasteiger partial charge < -0.3 is 5.32 Å². The molecule has 1 aromatic heterocycles. The fourth-order valence-electron chi connectivity index (χ4n) is 1.29. The number of carbonyl (C=O) groups excluding carboxylic acids is 1. The zero-order valence-electron chi connectivity index (χ0n) is 9.11. The van der Waals surface area contributed by atoms with Crippen molar-refractivity contribution in [3.63, 3.8) is 0 Å². The first-order valence-corrected chi connectivity index (χ1v) is 5.47. The second-order valence-corrected chi connectivity index (χ2v) is 3.81. The zero-order valence-corrected chi connectivity index (χ0v) is 9.86. The predicted molar refractivity (Wildman–Crippen MR) is 63.7 cm³/mol. The molecule has 1 amide bonds. The molecule has 2 aromatic rings. The summed E-state index contributed by atoms with van der Waals surface area (Å²) in [5, 5.41) is 10.7. The van der Waals surface area contributed by atoms with Crippen LogP contribution in [0.4, 0.5) is 5.82 Å². The lowest BCUT2D eigenvalue weighted by Gasteiger charge is -2.00. The molecule has 6 heteroatoms. The van der Waals surface area contributed by atoms with Crippen LogP contribution in [0.1, 0.15) is 13.3 Å². The van der Waals surface area contributed by atoms with Crippen LogP contribution in [0.2, 0.25) is 5.02 Å². The van der Waals surface area contributed by atoms with E-state index >= 15 is 0 Å². The van der Waals surface area contributed by atoms with E-state index < -0.39 is 0 Å². The van der Waals surface area contributed by atoms with Crippen molar-refractivity contribution in [1.82, 2.24) is 10.3 Å². The minimum absolute atomic E-state index is 0.143. The van der Waals surface area contributed by atoms with Gasteiger partial charge in [0.2, 0.25) is 11.7 Å². The molecule has 1 aromatic carbocycles. The van der Waals surface area contributed by atoms with Crippen molar-refractivity contribution in [2.45, 2.75) is 13.3 Å². The molecule has 0 saturated heterocycles. The largest absolute Gasteiger partial charge is 0.306 e. The van der Waals surface area contributed by atoms with E-state index in [-0.39, 0.29) is 5.91 Å². The highest BCUT2D eigenvalue weighted by Crippen LogP contribution is 2.25. The first-order chi connectivity index (χ1) is 8.20. The maximum Gasteiger partial charge on any atom is 0.225 e. The van der Waals surface area contributed by atoms with Crippen molar-refractivity contribution in [3.8, 4) is 11.3 Å². The number of benzene rings is 1. The Morgan fingerprint density at radius 1 is 1.35 bits per heavy atom. The van der Waals surface area contributed by atoms with Crippen molar-refractivity contribution < 1.29 is 9.42 Å². The third-order valence-electron chi connectivity index (χ3n) is 2.19. The van der Waals surface area contributed by atoms with Crippen LogP contribution in [-0.4, -0.2) is 16.2 Å². The molecule has 1 heterocycles. The normalized spacial score (nSPS) is 10.2. The highest BCUT2D eigenvalue weighted by Gasteiger charge is 2.13. The Bertz CT molecular complexity index is 522. The van der Waals surface area contributed by atoms with Gasteiger partial charge in [0, 0.05) is 17.0 Å². The maximum atomic E-state index is 11.3. The van der Waals surface area contributed by atoms with Gasteiger partial charge in [0.25, 0.3) is 0 Å². The number of nitrogens with zero attached hydrogens (tertiary/aromatic N) is 2.